The molecule has 0 aliphatic heterocycles. The molecule has 0 saturated carbocycles. The first-order chi connectivity index (χ1) is 24.9. The van der Waals surface area contributed by atoms with Gasteiger partial charge in [0.15, 0.2) is 0 Å². The van der Waals surface area contributed by atoms with Crippen LogP contribution < -0.4 is 58.6 Å². The Morgan fingerprint density at radius 2 is 0.529 bits per heavy atom. The van der Waals surface area contributed by atoms with Gasteiger partial charge in [-0.15, -0.1) is 0 Å². The summed E-state index contributed by atoms with van der Waals surface area (Å²) in [5, 5.41) is 3.51. The topological polar surface area (TPSA) is 83.1 Å². The fourth-order valence-electron chi connectivity index (χ4n) is 5.51. The molecular weight excluding hydrogens is 681 g/mol. The van der Waals surface area contributed by atoms with E-state index in [0.717, 1.165) is 43.7 Å². The molecule has 9 nitrogen and oxygen atoms in total. The molecule has 274 valence electrons. The second-order valence-electron chi connectivity index (χ2n) is 10.9. The largest absolute Gasteiger partial charge is 0.494 e. The lowest BCUT2D eigenvalue weighted by Gasteiger charge is -2.28. The fourth-order valence-corrected chi connectivity index (χ4v) is 11.3. The molecular formula is C40H52O9Si2. The highest BCUT2D eigenvalue weighted by atomic mass is 28.4. The highest BCUT2D eigenvalue weighted by Crippen LogP contribution is 2.26. The van der Waals surface area contributed by atoms with Crippen LogP contribution in [0.25, 0.3) is 0 Å². The summed E-state index contributed by atoms with van der Waals surface area (Å²) in [4.78, 5) is 0. The van der Waals surface area contributed by atoms with Crippen molar-refractivity contribution < 1.29 is 42.0 Å². The second kappa shape index (κ2) is 20.5. The van der Waals surface area contributed by atoms with Crippen molar-refractivity contribution in [1.82, 2.24) is 0 Å². The van der Waals surface area contributed by atoms with Gasteiger partial charge >= 0.3 is 0 Å². The lowest BCUT2D eigenvalue weighted by atomic mass is 10.3. The van der Waals surface area contributed by atoms with Gasteiger partial charge in [-0.1, -0.05) is 0 Å². The Morgan fingerprint density at radius 3 is 0.725 bits per heavy atom. The van der Waals surface area contributed by atoms with Gasteiger partial charge in [0, 0.05) is 20.7 Å². The highest BCUT2D eigenvalue weighted by molar-refractivity contribution is 6.93. The zero-order valence-electron chi connectivity index (χ0n) is 31.3. The molecule has 0 N–H and O–H groups in total. The third-order valence-corrected chi connectivity index (χ3v) is 12.6. The Morgan fingerprint density at radius 1 is 0.314 bits per heavy atom. The van der Waals surface area contributed by atoms with Crippen LogP contribution in [0, 0.1) is 0 Å². The normalized spacial score (nSPS) is 11.0. The van der Waals surface area contributed by atoms with Crippen molar-refractivity contribution in [1.29, 1.82) is 0 Å². The minimum atomic E-state index is -2.25. The van der Waals surface area contributed by atoms with Crippen LogP contribution >= 0.6 is 0 Å². The van der Waals surface area contributed by atoms with Crippen LogP contribution in [0.2, 0.25) is 0 Å². The van der Waals surface area contributed by atoms with E-state index in [9.17, 15) is 0 Å². The first-order valence-electron chi connectivity index (χ1n) is 18.0. The quantitative estimate of drug-likeness (QED) is 0.0932. The van der Waals surface area contributed by atoms with Crippen LogP contribution in [0.5, 0.6) is 46.0 Å². The van der Waals surface area contributed by atoms with Crippen molar-refractivity contribution in [3.8, 4) is 46.0 Å². The molecule has 51 heavy (non-hydrogen) atoms. The Balaban J connectivity index is 2.12. The average Bonchev–Trinajstić information content (AvgIpc) is 3.13. The molecule has 0 fully saturated rings. The van der Waals surface area contributed by atoms with Crippen molar-refractivity contribution in [3.63, 3.8) is 0 Å². The van der Waals surface area contributed by atoms with E-state index in [1.807, 2.05) is 128 Å². The molecule has 0 bridgehead atoms. The Labute approximate surface area is 307 Å². The van der Waals surface area contributed by atoms with E-state index in [0.29, 0.717) is 75.9 Å². The van der Waals surface area contributed by atoms with E-state index in [-0.39, 0.29) is 0 Å². The smallest absolute Gasteiger partial charge is 0.280 e. The van der Waals surface area contributed by atoms with Gasteiger partial charge in [0.05, 0.1) is 52.9 Å². The summed E-state index contributed by atoms with van der Waals surface area (Å²) in [6.07, 6.45) is 0. The molecule has 4 aromatic rings. The number of benzene rings is 4. The molecule has 0 aliphatic rings. The van der Waals surface area contributed by atoms with Gasteiger partial charge in [-0.25, -0.2) is 0 Å². The maximum absolute atomic E-state index is 7.74. The van der Waals surface area contributed by atoms with Crippen molar-refractivity contribution >= 4 is 38.8 Å². The molecule has 0 spiro atoms. The number of ether oxygens (including phenoxy) is 8. The van der Waals surface area contributed by atoms with E-state index in [4.69, 9.17) is 42.0 Å². The molecule has 11 heteroatoms. The first kappa shape index (κ1) is 39.5. The zero-order valence-corrected chi connectivity index (χ0v) is 33.3. The van der Waals surface area contributed by atoms with E-state index < -0.39 is 18.1 Å². The van der Waals surface area contributed by atoms with E-state index in [1.165, 1.54) is 0 Å². The minimum Gasteiger partial charge on any atom is -0.494 e. The van der Waals surface area contributed by atoms with Crippen molar-refractivity contribution in [2.45, 2.75) is 55.4 Å². The summed E-state index contributed by atoms with van der Waals surface area (Å²) in [6.45, 7) is 19.7. The van der Waals surface area contributed by atoms with Crippen LogP contribution in [0.1, 0.15) is 55.4 Å². The lowest BCUT2D eigenvalue weighted by molar-refractivity contribution is 0.330. The van der Waals surface area contributed by atoms with Gasteiger partial charge in [0.2, 0.25) is 0 Å². The predicted octanol–water partition coefficient (Wildman–Crippen LogP) is 5.80. The summed E-state index contributed by atoms with van der Waals surface area (Å²) in [5.41, 5.74) is 0. The van der Waals surface area contributed by atoms with Gasteiger partial charge in [0.1, 0.15) is 46.0 Å². The summed E-state index contributed by atoms with van der Waals surface area (Å²) in [5.74, 6) is 5.72. The van der Waals surface area contributed by atoms with Crippen molar-refractivity contribution in [3.05, 3.63) is 72.8 Å². The Hall–Kier alpha value is -4.33. The van der Waals surface area contributed by atoms with Gasteiger partial charge in [-0.3, -0.25) is 0 Å². The van der Waals surface area contributed by atoms with Gasteiger partial charge in [-0.05, 0) is 128 Å². The highest BCUT2D eigenvalue weighted by Gasteiger charge is 2.37. The molecule has 0 aliphatic carbocycles. The maximum Gasteiger partial charge on any atom is 0.280 e. The SMILES string of the molecule is CCOc1ccc(OCC)c([Si](O[Si](c2cc(OCC)ccc2OCC)c2cc(OCC)ccc2OCC)c2cc(OCC)ccc2OCC)c1. The molecule has 0 atom stereocenters. The molecule has 4 rings (SSSR count). The molecule has 2 radical (unpaired) electrons. The monoisotopic (exact) mass is 732 g/mol. The molecule has 0 amide bonds. The second-order valence-corrected chi connectivity index (χ2v) is 15.1. The van der Waals surface area contributed by atoms with Crippen LogP contribution in [0.4, 0.5) is 0 Å². The summed E-state index contributed by atoms with van der Waals surface area (Å²) < 4.78 is 57.2. The maximum atomic E-state index is 7.74. The van der Waals surface area contributed by atoms with E-state index in [2.05, 4.69) is 0 Å². The Kier molecular flexibility index (Phi) is 15.9. The molecule has 4 aromatic carbocycles. The van der Waals surface area contributed by atoms with Gasteiger partial charge < -0.3 is 42.0 Å². The third kappa shape index (κ3) is 10.4. The lowest BCUT2D eigenvalue weighted by Crippen LogP contribution is -2.57. The standard InChI is InChI=1S/C40H52O9Si2/c1-9-41-29-17-21-33(45-13-5)37(25-29)50(38-26-30(42-10-2)18-22-34(38)46-14-6)49-51(39-27-31(43-11-3)19-23-35(39)47-15-7)40-28-32(44-12-4)20-24-36(40)48-16-8/h17-28H,9-16H2,1-8H3. The minimum absolute atomic E-state index is 0.473. The fraction of sp³-hybridized carbons (Fsp3) is 0.400. The van der Waals surface area contributed by atoms with Crippen LogP contribution in [-0.4, -0.2) is 70.9 Å². The van der Waals surface area contributed by atoms with Crippen molar-refractivity contribution in [2.24, 2.45) is 0 Å². The number of rotatable bonds is 22. The number of hydrogen-bond acceptors (Lipinski definition) is 9. The molecule has 0 aromatic heterocycles. The zero-order chi connectivity index (χ0) is 36.6. The summed E-state index contributed by atoms with van der Waals surface area (Å²) in [6, 6.07) is 23.7. The summed E-state index contributed by atoms with van der Waals surface area (Å²) >= 11 is 0. The first-order valence-corrected chi connectivity index (χ1v) is 20.8. The van der Waals surface area contributed by atoms with Gasteiger partial charge in [0.25, 0.3) is 18.1 Å². The van der Waals surface area contributed by atoms with Crippen LogP contribution in [-0.2, 0) is 4.12 Å². The molecule has 0 unspecified atom stereocenters. The molecule has 0 saturated heterocycles. The van der Waals surface area contributed by atoms with Crippen LogP contribution in [0.3, 0.4) is 0 Å². The van der Waals surface area contributed by atoms with Gasteiger partial charge in [-0.2, -0.15) is 0 Å². The molecule has 0 heterocycles. The third-order valence-electron chi connectivity index (χ3n) is 7.43. The average molecular weight is 733 g/mol. The van der Waals surface area contributed by atoms with E-state index >= 15 is 0 Å². The van der Waals surface area contributed by atoms with Crippen LogP contribution in [0.15, 0.2) is 72.8 Å². The van der Waals surface area contributed by atoms with Crippen molar-refractivity contribution in [2.75, 3.05) is 52.9 Å². The summed E-state index contributed by atoms with van der Waals surface area (Å²) in [7, 11) is -4.49. The number of hydrogen-bond donors (Lipinski definition) is 0. The Bertz CT molecular complexity index is 1430. The predicted molar refractivity (Wildman–Crippen MR) is 206 cm³/mol. The van der Waals surface area contributed by atoms with E-state index in [1.54, 1.807) is 0 Å².